The second-order valence-electron chi connectivity index (χ2n) is 4.41. The maximum Gasteiger partial charge on any atom is 0.274 e. The van der Waals surface area contributed by atoms with Gasteiger partial charge in [0, 0.05) is 31.9 Å². The fourth-order valence-corrected chi connectivity index (χ4v) is 1.77. The summed E-state index contributed by atoms with van der Waals surface area (Å²) in [7, 11) is 0. The van der Waals surface area contributed by atoms with Crippen molar-refractivity contribution in [2.45, 2.75) is 19.8 Å². The van der Waals surface area contributed by atoms with Crippen molar-refractivity contribution in [1.29, 1.82) is 0 Å². The van der Waals surface area contributed by atoms with E-state index in [2.05, 4.69) is 29.4 Å². The molecule has 0 unspecified atom stereocenters. The zero-order valence-corrected chi connectivity index (χ0v) is 11.0. The highest BCUT2D eigenvalue weighted by molar-refractivity contribution is 5.92. The third kappa shape index (κ3) is 3.20. The summed E-state index contributed by atoms with van der Waals surface area (Å²) in [6, 6.07) is 1.86. The second-order valence-corrected chi connectivity index (χ2v) is 4.41. The Labute approximate surface area is 107 Å². The Morgan fingerprint density at radius 1 is 1.41 bits per heavy atom. The van der Waals surface area contributed by atoms with E-state index >= 15 is 0 Å². The number of carbonyl (C=O) groups is 1. The van der Waals surface area contributed by atoms with Crippen molar-refractivity contribution in [2.24, 2.45) is 0 Å². The molecule has 5 nitrogen and oxygen atoms in total. The van der Waals surface area contributed by atoms with Gasteiger partial charge in [0.2, 0.25) is 0 Å². The van der Waals surface area contributed by atoms with Gasteiger partial charge in [-0.05, 0) is 12.0 Å². The molecule has 0 aromatic carbocycles. The number of piperazine rings is 1. The fraction of sp³-hybridized carbons (Fsp3) is 0.636. The maximum absolute atomic E-state index is 12.1. The van der Waals surface area contributed by atoms with Crippen LogP contribution in [0.5, 0.6) is 0 Å². The van der Waals surface area contributed by atoms with E-state index < -0.39 is 0 Å². The van der Waals surface area contributed by atoms with Crippen molar-refractivity contribution in [3.05, 3.63) is 17.5 Å². The summed E-state index contributed by atoms with van der Waals surface area (Å²) in [6.07, 6.45) is 0. The van der Waals surface area contributed by atoms with Crippen molar-refractivity contribution < 1.29 is 4.79 Å². The van der Waals surface area contributed by atoms with E-state index in [4.69, 9.17) is 0 Å². The van der Waals surface area contributed by atoms with Crippen LogP contribution in [0.2, 0.25) is 0 Å². The molecule has 0 radical (unpaired) electrons. The number of hydrogen-bond acceptors (Lipinski definition) is 3. The average molecular weight is 259 g/mol. The molecule has 1 fully saturated rings. The molecule has 0 saturated carbocycles. The molecule has 0 bridgehead atoms. The minimum absolute atomic E-state index is 0. The van der Waals surface area contributed by atoms with E-state index in [1.165, 1.54) is 0 Å². The summed E-state index contributed by atoms with van der Waals surface area (Å²) in [6.45, 7) is 7.42. The van der Waals surface area contributed by atoms with Crippen LogP contribution in [0, 0.1) is 0 Å². The van der Waals surface area contributed by atoms with Gasteiger partial charge in [-0.15, -0.1) is 12.4 Å². The molecule has 0 spiro atoms. The quantitative estimate of drug-likeness (QED) is 0.832. The number of hydrogen-bond donors (Lipinski definition) is 2. The normalized spacial score (nSPS) is 15.8. The van der Waals surface area contributed by atoms with Gasteiger partial charge in [-0.3, -0.25) is 9.89 Å². The van der Waals surface area contributed by atoms with Crippen molar-refractivity contribution in [1.82, 2.24) is 20.4 Å². The van der Waals surface area contributed by atoms with E-state index in [0.717, 1.165) is 31.9 Å². The number of nitrogens with zero attached hydrogens (tertiary/aromatic N) is 2. The number of nitrogens with one attached hydrogen (secondary N) is 2. The van der Waals surface area contributed by atoms with Crippen LogP contribution in [0.1, 0.15) is 35.9 Å². The zero-order valence-electron chi connectivity index (χ0n) is 10.2. The maximum atomic E-state index is 12.1. The second kappa shape index (κ2) is 6.02. The predicted molar refractivity (Wildman–Crippen MR) is 68.7 cm³/mol. The lowest BCUT2D eigenvalue weighted by Crippen LogP contribution is -2.46. The Balaban J connectivity index is 0.00000144. The topological polar surface area (TPSA) is 61.0 Å². The monoisotopic (exact) mass is 258 g/mol. The minimum atomic E-state index is 0. The SMILES string of the molecule is CC(C)c1cc(C(=O)N2CCNCC2)n[nH]1.Cl. The van der Waals surface area contributed by atoms with Crippen LogP contribution in [-0.2, 0) is 0 Å². The number of amides is 1. The van der Waals surface area contributed by atoms with Gasteiger partial charge in [0.25, 0.3) is 5.91 Å². The van der Waals surface area contributed by atoms with Crippen LogP contribution >= 0.6 is 12.4 Å². The van der Waals surface area contributed by atoms with E-state index in [-0.39, 0.29) is 18.3 Å². The Morgan fingerprint density at radius 2 is 2.06 bits per heavy atom. The first-order valence-corrected chi connectivity index (χ1v) is 5.74. The van der Waals surface area contributed by atoms with Crippen LogP contribution in [0.3, 0.4) is 0 Å². The fourth-order valence-electron chi connectivity index (χ4n) is 1.77. The van der Waals surface area contributed by atoms with Gasteiger partial charge in [-0.2, -0.15) is 5.10 Å². The predicted octanol–water partition coefficient (Wildman–Crippen LogP) is 1.00. The lowest BCUT2D eigenvalue weighted by molar-refractivity contribution is 0.0730. The molecule has 1 aromatic rings. The average Bonchev–Trinajstić information content (AvgIpc) is 2.78. The first kappa shape index (κ1) is 14.0. The van der Waals surface area contributed by atoms with Gasteiger partial charge in [0.1, 0.15) is 5.69 Å². The summed E-state index contributed by atoms with van der Waals surface area (Å²) in [5.74, 6) is 0.404. The minimum Gasteiger partial charge on any atom is -0.335 e. The van der Waals surface area contributed by atoms with E-state index in [1.54, 1.807) is 0 Å². The third-order valence-electron chi connectivity index (χ3n) is 2.84. The molecule has 1 aliphatic rings. The van der Waals surface area contributed by atoms with Crippen LogP contribution in [0.25, 0.3) is 0 Å². The van der Waals surface area contributed by atoms with Gasteiger partial charge >= 0.3 is 0 Å². The first-order chi connectivity index (χ1) is 7.68. The number of aromatic nitrogens is 2. The molecule has 1 aromatic heterocycles. The molecule has 0 atom stereocenters. The highest BCUT2D eigenvalue weighted by atomic mass is 35.5. The highest BCUT2D eigenvalue weighted by Gasteiger charge is 2.20. The molecule has 2 rings (SSSR count). The number of carbonyl (C=O) groups excluding carboxylic acids is 1. The zero-order chi connectivity index (χ0) is 11.5. The summed E-state index contributed by atoms with van der Waals surface area (Å²) in [4.78, 5) is 13.9. The van der Waals surface area contributed by atoms with Crippen LogP contribution < -0.4 is 5.32 Å². The van der Waals surface area contributed by atoms with Gasteiger partial charge in [-0.25, -0.2) is 0 Å². The van der Waals surface area contributed by atoms with Gasteiger partial charge in [-0.1, -0.05) is 13.8 Å². The molecule has 1 saturated heterocycles. The Hall–Kier alpha value is -1.07. The van der Waals surface area contributed by atoms with E-state index in [1.807, 2.05) is 11.0 Å². The number of aromatic amines is 1. The molecule has 96 valence electrons. The van der Waals surface area contributed by atoms with Gasteiger partial charge in [0.15, 0.2) is 0 Å². The smallest absolute Gasteiger partial charge is 0.274 e. The summed E-state index contributed by atoms with van der Waals surface area (Å²) in [5, 5.41) is 10.2. The van der Waals surface area contributed by atoms with Crippen LogP contribution in [0.4, 0.5) is 0 Å². The molecule has 1 aliphatic heterocycles. The van der Waals surface area contributed by atoms with Crippen LogP contribution in [0.15, 0.2) is 6.07 Å². The Morgan fingerprint density at radius 3 is 2.59 bits per heavy atom. The number of rotatable bonds is 2. The molecular formula is C11H19ClN4O. The molecular weight excluding hydrogens is 240 g/mol. The molecule has 2 N–H and O–H groups in total. The van der Waals surface area contributed by atoms with Crippen molar-refractivity contribution >= 4 is 18.3 Å². The molecule has 6 heteroatoms. The number of halogens is 1. The third-order valence-corrected chi connectivity index (χ3v) is 2.84. The summed E-state index contributed by atoms with van der Waals surface area (Å²) < 4.78 is 0. The Bertz CT molecular complexity index is 371. The van der Waals surface area contributed by atoms with E-state index in [0.29, 0.717) is 11.6 Å². The van der Waals surface area contributed by atoms with Gasteiger partial charge < -0.3 is 10.2 Å². The largest absolute Gasteiger partial charge is 0.335 e. The van der Waals surface area contributed by atoms with E-state index in [9.17, 15) is 4.79 Å². The molecule has 2 heterocycles. The lowest BCUT2D eigenvalue weighted by Gasteiger charge is -2.26. The first-order valence-electron chi connectivity index (χ1n) is 5.74. The Kier molecular flexibility index (Phi) is 4.96. The number of H-pyrrole nitrogens is 1. The van der Waals surface area contributed by atoms with Gasteiger partial charge in [0.05, 0.1) is 0 Å². The van der Waals surface area contributed by atoms with Crippen molar-refractivity contribution in [3.8, 4) is 0 Å². The van der Waals surface area contributed by atoms with Crippen molar-refractivity contribution in [3.63, 3.8) is 0 Å². The molecule has 1 amide bonds. The lowest BCUT2D eigenvalue weighted by atomic mass is 10.1. The molecule has 0 aliphatic carbocycles. The molecule has 17 heavy (non-hydrogen) atoms. The van der Waals surface area contributed by atoms with Crippen molar-refractivity contribution in [2.75, 3.05) is 26.2 Å². The standard InChI is InChI=1S/C11H18N4O.ClH/c1-8(2)9-7-10(14-13-9)11(16)15-5-3-12-4-6-15;/h7-8,12H,3-6H2,1-2H3,(H,13,14);1H. The van der Waals surface area contributed by atoms with Crippen LogP contribution in [-0.4, -0.2) is 47.2 Å². The highest BCUT2D eigenvalue weighted by Crippen LogP contribution is 2.13. The summed E-state index contributed by atoms with van der Waals surface area (Å²) in [5.41, 5.74) is 1.55. The summed E-state index contributed by atoms with van der Waals surface area (Å²) >= 11 is 0.